The summed E-state index contributed by atoms with van der Waals surface area (Å²) in [5, 5.41) is 7.52. The van der Waals surface area contributed by atoms with Gasteiger partial charge in [0.25, 0.3) is 0 Å². The van der Waals surface area contributed by atoms with Crippen LogP contribution in [0.1, 0.15) is 0 Å². The van der Waals surface area contributed by atoms with Crippen molar-refractivity contribution in [2.45, 2.75) is 12.6 Å². The van der Waals surface area contributed by atoms with Crippen molar-refractivity contribution in [2.75, 3.05) is 11.4 Å². The molecule has 0 N–H and O–H groups in total. The highest BCUT2D eigenvalue weighted by Gasteiger charge is 2.34. The molecule has 0 saturated carbocycles. The van der Waals surface area contributed by atoms with E-state index in [4.69, 9.17) is 4.74 Å². The second-order valence-corrected chi connectivity index (χ2v) is 5.39. The molecule has 1 saturated heterocycles. The third kappa shape index (κ3) is 2.47. The van der Waals surface area contributed by atoms with Crippen molar-refractivity contribution in [1.29, 1.82) is 0 Å². The number of nitrogens with zero attached hydrogens (tertiary/aromatic N) is 4. The Bertz CT molecular complexity index is 634. The van der Waals surface area contributed by atoms with Crippen molar-refractivity contribution in [3.8, 4) is 0 Å². The summed E-state index contributed by atoms with van der Waals surface area (Å²) < 4.78 is 20.8. The van der Waals surface area contributed by atoms with Gasteiger partial charge in [-0.1, -0.05) is 11.3 Å². The van der Waals surface area contributed by atoms with Crippen molar-refractivity contribution in [2.24, 2.45) is 0 Å². The Balaban J connectivity index is 1.78. The number of amides is 1. The summed E-state index contributed by atoms with van der Waals surface area (Å²) in [5.74, 6) is -0.351. The monoisotopic (exact) mass is 388 g/mol. The van der Waals surface area contributed by atoms with E-state index in [1.807, 2.05) is 22.6 Å². The minimum absolute atomic E-state index is 0.330. The number of carbonyl (C=O) groups is 1. The second-order valence-electron chi connectivity index (χ2n) is 4.31. The van der Waals surface area contributed by atoms with Gasteiger partial charge in [0.05, 0.1) is 28.5 Å². The molecule has 0 aliphatic carbocycles. The third-order valence-electron chi connectivity index (χ3n) is 2.96. The van der Waals surface area contributed by atoms with Gasteiger partial charge in [0.15, 0.2) is 0 Å². The number of hydrogen-bond acceptors (Lipinski definition) is 4. The summed E-state index contributed by atoms with van der Waals surface area (Å²) in [5.41, 5.74) is 0.525. The van der Waals surface area contributed by atoms with Gasteiger partial charge in [-0.2, -0.15) is 0 Å². The van der Waals surface area contributed by atoms with Crippen LogP contribution in [0.25, 0.3) is 0 Å². The number of aromatic nitrogens is 3. The molecule has 1 aromatic heterocycles. The van der Waals surface area contributed by atoms with E-state index < -0.39 is 6.09 Å². The van der Waals surface area contributed by atoms with E-state index in [9.17, 15) is 9.18 Å². The van der Waals surface area contributed by atoms with Crippen LogP contribution in [-0.2, 0) is 11.3 Å². The van der Waals surface area contributed by atoms with Gasteiger partial charge in [0.1, 0.15) is 11.9 Å². The number of benzene rings is 1. The maximum atomic E-state index is 13.6. The van der Waals surface area contributed by atoms with Crippen LogP contribution in [0.3, 0.4) is 0 Å². The number of hydrogen-bond donors (Lipinski definition) is 0. The normalized spacial score (nSPS) is 18.4. The molecule has 1 aliphatic heterocycles. The average molecular weight is 388 g/mol. The Kier molecular flexibility index (Phi) is 3.55. The minimum atomic E-state index is -0.473. The number of halogens is 2. The maximum Gasteiger partial charge on any atom is 0.414 e. The molecule has 1 aliphatic rings. The predicted octanol–water partition coefficient (Wildman–Crippen LogP) is 2.05. The highest BCUT2D eigenvalue weighted by Crippen LogP contribution is 2.28. The quantitative estimate of drug-likeness (QED) is 0.756. The first-order chi connectivity index (χ1) is 9.65. The summed E-state index contributed by atoms with van der Waals surface area (Å²) in [6, 6.07) is 4.63. The molecule has 0 bridgehead atoms. The Morgan fingerprint density at radius 2 is 2.35 bits per heavy atom. The van der Waals surface area contributed by atoms with Crippen LogP contribution in [0.4, 0.5) is 14.9 Å². The van der Waals surface area contributed by atoms with Crippen LogP contribution in [0.2, 0.25) is 0 Å². The summed E-state index contributed by atoms with van der Waals surface area (Å²) in [6.45, 7) is 0.784. The largest absolute Gasteiger partial charge is 0.442 e. The van der Waals surface area contributed by atoms with Gasteiger partial charge >= 0.3 is 6.09 Å². The zero-order valence-corrected chi connectivity index (χ0v) is 12.4. The summed E-state index contributed by atoms with van der Waals surface area (Å²) >= 11 is 1.88. The molecule has 20 heavy (non-hydrogen) atoms. The lowest BCUT2D eigenvalue weighted by molar-refractivity contribution is 0.129. The van der Waals surface area contributed by atoms with E-state index in [2.05, 4.69) is 10.3 Å². The molecule has 2 aromatic rings. The van der Waals surface area contributed by atoms with Crippen LogP contribution < -0.4 is 4.90 Å². The smallest absolute Gasteiger partial charge is 0.414 e. The Hall–Kier alpha value is -1.71. The van der Waals surface area contributed by atoms with Crippen molar-refractivity contribution in [3.63, 3.8) is 0 Å². The average Bonchev–Trinajstić information content (AvgIpc) is 3.03. The summed E-state index contributed by atoms with van der Waals surface area (Å²) in [7, 11) is 0. The fourth-order valence-corrected chi connectivity index (χ4v) is 2.70. The van der Waals surface area contributed by atoms with Gasteiger partial charge < -0.3 is 4.74 Å². The van der Waals surface area contributed by atoms with E-state index >= 15 is 0 Å². The molecular formula is C12H10FIN4O2. The van der Waals surface area contributed by atoms with E-state index in [-0.39, 0.29) is 11.9 Å². The van der Waals surface area contributed by atoms with Crippen LogP contribution in [0.5, 0.6) is 0 Å². The zero-order valence-electron chi connectivity index (χ0n) is 10.2. The molecule has 0 unspecified atom stereocenters. The first-order valence-electron chi connectivity index (χ1n) is 5.91. The van der Waals surface area contributed by atoms with E-state index in [1.54, 1.807) is 29.2 Å². The Morgan fingerprint density at radius 1 is 1.50 bits per heavy atom. The SMILES string of the molecule is O=C1O[C@@H](Cn2ccnn2)CN1c1cccc(F)c1I. The topological polar surface area (TPSA) is 60.3 Å². The van der Waals surface area contributed by atoms with Crippen LogP contribution >= 0.6 is 22.6 Å². The predicted molar refractivity (Wildman–Crippen MR) is 76.8 cm³/mol. The van der Waals surface area contributed by atoms with Crippen LogP contribution in [0, 0.1) is 9.39 Å². The molecule has 2 heterocycles. The van der Waals surface area contributed by atoms with E-state index in [0.717, 1.165) is 0 Å². The van der Waals surface area contributed by atoms with Gasteiger partial charge in [-0.05, 0) is 34.7 Å². The molecule has 1 amide bonds. The first kappa shape index (κ1) is 13.3. The molecule has 3 rings (SSSR count). The Labute approximate surface area is 127 Å². The van der Waals surface area contributed by atoms with Crippen molar-refractivity contribution >= 4 is 34.4 Å². The molecule has 104 valence electrons. The van der Waals surface area contributed by atoms with Gasteiger partial charge in [-0.15, -0.1) is 5.10 Å². The van der Waals surface area contributed by atoms with Gasteiger partial charge in [0.2, 0.25) is 0 Å². The molecule has 1 aromatic carbocycles. The molecule has 1 fully saturated rings. The second kappa shape index (κ2) is 5.35. The van der Waals surface area contributed by atoms with Crippen molar-refractivity contribution < 1.29 is 13.9 Å². The lowest BCUT2D eigenvalue weighted by atomic mass is 10.2. The number of ether oxygens (including phenoxy) is 1. The van der Waals surface area contributed by atoms with Crippen molar-refractivity contribution in [1.82, 2.24) is 15.0 Å². The lowest BCUT2D eigenvalue weighted by Gasteiger charge is -2.15. The number of carbonyl (C=O) groups excluding carboxylic acids is 1. The number of cyclic esters (lactones) is 1. The molecule has 0 radical (unpaired) electrons. The third-order valence-corrected chi connectivity index (χ3v) is 4.03. The molecular weight excluding hydrogens is 378 g/mol. The molecule has 0 spiro atoms. The summed E-state index contributed by atoms with van der Waals surface area (Å²) in [4.78, 5) is 13.3. The molecule has 8 heteroatoms. The summed E-state index contributed by atoms with van der Waals surface area (Å²) in [6.07, 6.45) is 2.45. The zero-order chi connectivity index (χ0) is 14.1. The van der Waals surface area contributed by atoms with Gasteiger partial charge in [-0.3, -0.25) is 4.90 Å². The van der Waals surface area contributed by atoms with Gasteiger partial charge in [-0.25, -0.2) is 13.9 Å². The molecule has 1 atom stereocenters. The Morgan fingerprint density at radius 3 is 3.10 bits per heavy atom. The van der Waals surface area contributed by atoms with Gasteiger partial charge in [0, 0.05) is 6.20 Å². The van der Waals surface area contributed by atoms with Crippen LogP contribution in [0.15, 0.2) is 30.6 Å². The highest BCUT2D eigenvalue weighted by atomic mass is 127. The molecule has 6 nitrogen and oxygen atoms in total. The van der Waals surface area contributed by atoms with Crippen LogP contribution in [-0.4, -0.2) is 33.7 Å². The lowest BCUT2D eigenvalue weighted by Crippen LogP contribution is -2.27. The standard InChI is InChI=1S/C12H10FIN4O2/c13-9-2-1-3-10(11(9)14)18-7-8(20-12(18)19)6-17-5-4-15-16-17/h1-5,8H,6-7H2/t8-/m0/s1. The van der Waals surface area contributed by atoms with E-state index in [0.29, 0.717) is 22.3 Å². The maximum absolute atomic E-state index is 13.6. The number of anilines is 1. The fourth-order valence-electron chi connectivity index (χ4n) is 2.05. The highest BCUT2D eigenvalue weighted by molar-refractivity contribution is 14.1. The fraction of sp³-hybridized carbons (Fsp3) is 0.250. The number of rotatable bonds is 3. The van der Waals surface area contributed by atoms with E-state index in [1.165, 1.54) is 11.0 Å². The first-order valence-corrected chi connectivity index (χ1v) is 6.99. The van der Waals surface area contributed by atoms with Crippen molar-refractivity contribution in [3.05, 3.63) is 40.0 Å². The minimum Gasteiger partial charge on any atom is -0.442 e.